The number of rotatable bonds is 8. The van der Waals surface area contributed by atoms with E-state index < -0.39 is 0 Å². The fourth-order valence-electron chi connectivity index (χ4n) is 2.69. The maximum atomic E-state index is 12.3. The number of carbonyl (C=O) groups is 1. The summed E-state index contributed by atoms with van der Waals surface area (Å²) in [5.74, 6) is 0.589. The van der Waals surface area contributed by atoms with Crippen LogP contribution in [0.4, 0.5) is 0 Å². The number of halogens is 1. The number of ether oxygens (including phenoxy) is 1. The zero-order chi connectivity index (χ0) is 17.5. The molecule has 1 heterocycles. The van der Waals surface area contributed by atoms with E-state index in [1.54, 1.807) is 6.07 Å². The van der Waals surface area contributed by atoms with Crippen LogP contribution in [0.5, 0.6) is 5.75 Å². The van der Waals surface area contributed by atoms with Gasteiger partial charge in [-0.25, -0.2) is 0 Å². The lowest BCUT2D eigenvalue weighted by atomic mass is 10.1. The Morgan fingerprint density at radius 2 is 2.12 bits per heavy atom. The van der Waals surface area contributed by atoms with Gasteiger partial charge >= 0.3 is 0 Å². The van der Waals surface area contributed by atoms with Crippen LogP contribution < -0.4 is 10.1 Å². The maximum Gasteiger partial charge on any atom is 0.224 e. The first-order chi connectivity index (χ1) is 11.5. The van der Waals surface area contributed by atoms with Crippen molar-refractivity contribution in [3.05, 3.63) is 52.8 Å². The average Bonchev–Trinajstić information content (AvgIpc) is 2.94. The summed E-state index contributed by atoms with van der Waals surface area (Å²) in [6.07, 6.45) is 4.14. The normalized spacial score (nSPS) is 12.0. The van der Waals surface area contributed by atoms with Crippen LogP contribution in [0, 0.1) is 0 Å². The van der Waals surface area contributed by atoms with Gasteiger partial charge in [-0.2, -0.15) is 0 Å². The van der Waals surface area contributed by atoms with Crippen molar-refractivity contribution in [2.75, 3.05) is 6.61 Å². The zero-order valence-electron chi connectivity index (χ0n) is 14.5. The van der Waals surface area contributed by atoms with Crippen LogP contribution in [-0.4, -0.2) is 23.1 Å². The third-order valence-electron chi connectivity index (χ3n) is 3.98. The summed E-state index contributed by atoms with van der Waals surface area (Å²) in [4.78, 5) is 12.3. The predicted octanol–water partition coefficient (Wildman–Crippen LogP) is 3.76. The van der Waals surface area contributed by atoms with E-state index in [0.29, 0.717) is 17.4 Å². The van der Waals surface area contributed by atoms with Crippen molar-refractivity contribution >= 4 is 17.5 Å². The van der Waals surface area contributed by atoms with Crippen molar-refractivity contribution in [1.82, 2.24) is 9.88 Å². The highest BCUT2D eigenvalue weighted by atomic mass is 35.5. The van der Waals surface area contributed by atoms with Crippen LogP contribution in [-0.2, 0) is 24.7 Å². The molecule has 0 bridgehead atoms. The van der Waals surface area contributed by atoms with Gasteiger partial charge in [-0.15, -0.1) is 0 Å². The quantitative estimate of drug-likeness (QED) is 0.789. The molecule has 2 rings (SSSR count). The van der Waals surface area contributed by atoms with Gasteiger partial charge in [0.05, 0.1) is 18.1 Å². The SMILES string of the molecule is CCOc1c(Cl)cccc1CC(=O)NC(C)CCc1cccn1C. The Kier molecular flexibility index (Phi) is 6.73. The molecule has 0 aliphatic rings. The first-order valence-corrected chi connectivity index (χ1v) is 8.68. The number of amides is 1. The second kappa shape index (κ2) is 8.78. The van der Waals surface area contributed by atoms with Crippen molar-refractivity contribution in [1.29, 1.82) is 0 Å². The third kappa shape index (κ3) is 5.03. The molecule has 2 aromatic rings. The molecule has 1 N–H and O–H groups in total. The Hall–Kier alpha value is -1.94. The topological polar surface area (TPSA) is 43.3 Å². The van der Waals surface area contributed by atoms with E-state index in [0.717, 1.165) is 18.4 Å². The van der Waals surface area contributed by atoms with Crippen LogP contribution >= 0.6 is 11.6 Å². The van der Waals surface area contributed by atoms with Crippen LogP contribution in [0.25, 0.3) is 0 Å². The molecule has 0 saturated carbocycles. The van der Waals surface area contributed by atoms with Crippen molar-refractivity contribution in [2.45, 2.75) is 39.2 Å². The summed E-state index contributed by atoms with van der Waals surface area (Å²) in [6, 6.07) is 9.75. The smallest absolute Gasteiger partial charge is 0.224 e. The van der Waals surface area contributed by atoms with Gasteiger partial charge in [0.2, 0.25) is 5.91 Å². The zero-order valence-corrected chi connectivity index (χ0v) is 15.3. The van der Waals surface area contributed by atoms with E-state index >= 15 is 0 Å². The van der Waals surface area contributed by atoms with Crippen LogP contribution in [0.1, 0.15) is 31.5 Å². The minimum Gasteiger partial charge on any atom is -0.492 e. The molecule has 0 aliphatic carbocycles. The van der Waals surface area contributed by atoms with Gasteiger partial charge in [0.1, 0.15) is 5.75 Å². The molecule has 1 atom stereocenters. The molecule has 1 unspecified atom stereocenters. The molecule has 1 aromatic heterocycles. The Balaban J connectivity index is 1.89. The maximum absolute atomic E-state index is 12.3. The molecule has 1 aromatic carbocycles. The van der Waals surface area contributed by atoms with E-state index in [1.165, 1.54) is 5.69 Å². The Morgan fingerprint density at radius 3 is 2.79 bits per heavy atom. The van der Waals surface area contributed by atoms with Gasteiger partial charge in [-0.05, 0) is 44.9 Å². The second-order valence-corrected chi connectivity index (χ2v) is 6.36. The highest BCUT2D eigenvalue weighted by Gasteiger charge is 2.14. The van der Waals surface area contributed by atoms with E-state index in [2.05, 4.69) is 16.0 Å². The van der Waals surface area contributed by atoms with E-state index in [9.17, 15) is 4.79 Å². The summed E-state index contributed by atoms with van der Waals surface area (Å²) < 4.78 is 7.67. The highest BCUT2D eigenvalue weighted by Crippen LogP contribution is 2.29. The average molecular weight is 349 g/mol. The highest BCUT2D eigenvalue weighted by molar-refractivity contribution is 6.32. The Morgan fingerprint density at radius 1 is 1.33 bits per heavy atom. The lowest BCUT2D eigenvalue weighted by Crippen LogP contribution is -2.34. The largest absolute Gasteiger partial charge is 0.492 e. The second-order valence-electron chi connectivity index (χ2n) is 5.96. The molecule has 0 fully saturated rings. The monoisotopic (exact) mass is 348 g/mol. The van der Waals surface area contributed by atoms with Crippen molar-refractivity contribution in [3.8, 4) is 5.75 Å². The number of carbonyl (C=O) groups excluding carboxylic acids is 1. The number of hydrogen-bond acceptors (Lipinski definition) is 2. The molecular weight excluding hydrogens is 324 g/mol. The first kappa shape index (κ1) is 18.4. The number of para-hydroxylation sites is 1. The van der Waals surface area contributed by atoms with Gasteiger partial charge in [0.25, 0.3) is 0 Å². The minimum absolute atomic E-state index is 0.0161. The Bertz CT molecular complexity index is 682. The number of nitrogens with zero attached hydrogens (tertiary/aromatic N) is 1. The fraction of sp³-hybridized carbons (Fsp3) is 0.421. The molecule has 4 nitrogen and oxygen atoms in total. The molecule has 0 aliphatic heterocycles. The van der Waals surface area contributed by atoms with Gasteiger partial charge in [0, 0.05) is 30.5 Å². The number of aromatic nitrogens is 1. The van der Waals surface area contributed by atoms with E-state index in [-0.39, 0.29) is 18.4 Å². The molecular formula is C19H25ClN2O2. The molecule has 0 spiro atoms. The minimum atomic E-state index is -0.0161. The van der Waals surface area contributed by atoms with Gasteiger partial charge in [-0.1, -0.05) is 23.7 Å². The van der Waals surface area contributed by atoms with Gasteiger partial charge in [-0.3, -0.25) is 4.79 Å². The standard InChI is InChI=1S/C19H25ClN2O2/c1-4-24-19-15(7-5-9-17(19)20)13-18(23)21-14(2)10-11-16-8-6-12-22(16)3/h5-9,12,14H,4,10-11,13H2,1-3H3,(H,21,23). The van der Waals surface area contributed by atoms with Crippen molar-refractivity contribution in [2.24, 2.45) is 7.05 Å². The summed E-state index contributed by atoms with van der Waals surface area (Å²) >= 11 is 6.16. The molecule has 0 radical (unpaired) electrons. The van der Waals surface area contributed by atoms with Crippen LogP contribution in [0.2, 0.25) is 5.02 Å². The summed E-state index contributed by atoms with van der Waals surface area (Å²) in [7, 11) is 2.03. The first-order valence-electron chi connectivity index (χ1n) is 8.31. The van der Waals surface area contributed by atoms with Gasteiger partial charge < -0.3 is 14.6 Å². The molecule has 130 valence electrons. The molecule has 24 heavy (non-hydrogen) atoms. The predicted molar refractivity (Wildman–Crippen MR) is 97.7 cm³/mol. The summed E-state index contributed by atoms with van der Waals surface area (Å²) in [5, 5.41) is 3.59. The van der Waals surface area contributed by atoms with E-state index in [4.69, 9.17) is 16.3 Å². The van der Waals surface area contributed by atoms with Crippen LogP contribution in [0.3, 0.4) is 0 Å². The Labute approximate surface area is 148 Å². The third-order valence-corrected chi connectivity index (χ3v) is 4.28. The van der Waals surface area contributed by atoms with Crippen molar-refractivity contribution < 1.29 is 9.53 Å². The number of nitrogens with one attached hydrogen (secondary N) is 1. The molecule has 5 heteroatoms. The molecule has 1 amide bonds. The van der Waals surface area contributed by atoms with Crippen molar-refractivity contribution in [3.63, 3.8) is 0 Å². The lowest BCUT2D eigenvalue weighted by Gasteiger charge is -2.16. The lowest BCUT2D eigenvalue weighted by molar-refractivity contribution is -0.121. The van der Waals surface area contributed by atoms with E-state index in [1.807, 2.05) is 45.3 Å². The van der Waals surface area contributed by atoms with Crippen LogP contribution in [0.15, 0.2) is 36.5 Å². The molecule has 0 saturated heterocycles. The summed E-state index contributed by atoms with van der Waals surface area (Å²) in [6.45, 7) is 4.45. The number of hydrogen-bond donors (Lipinski definition) is 1. The summed E-state index contributed by atoms with van der Waals surface area (Å²) in [5.41, 5.74) is 2.08. The number of benzene rings is 1. The number of aryl methyl sites for hydroxylation is 2. The fourth-order valence-corrected chi connectivity index (χ4v) is 2.94. The van der Waals surface area contributed by atoms with Gasteiger partial charge in [0.15, 0.2) is 0 Å².